The predicted molar refractivity (Wildman–Crippen MR) is 79.6 cm³/mol. The van der Waals surface area contributed by atoms with Crippen LogP contribution >= 0.6 is 11.6 Å². The second-order valence-corrected chi connectivity index (χ2v) is 6.84. The summed E-state index contributed by atoms with van der Waals surface area (Å²) in [5.41, 5.74) is 0.552. The van der Waals surface area contributed by atoms with Crippen LogP contribution in [-0.4, -0.2) is 39.4 Å². The number of methoxy groups -OCH3 is 1. The van der Waals surface area contributed by atoms with E-state index in [1.807, 2.05) is 0 Å². The molecular formula is C14H16ClNO4S. The van der Waals surface area contributed by atoms with Gasteiger partial charge >= 0.3 is 0 Å². The summed E-state index contributed by atoms with van der Waals surface area (Å²) in [4.78, 5) is 0.0274. The van der Waals surface area contributed by atoms with Crippen molar-refractivity contribution in [2.75, 3.05) is 13.7 Å². The molecule has 5 nitrogen and oxygen atoms in total. The van der Waals surface area contributed by atoms with Crippen LogP contribution in [0.15, 0.2) is 23.1 Å². The van der Waals surface area contributed by atoms with Gasteiger partial charge in [-0.05, 0) is 31.0 Å². The van der Waals surface area contributed by atoms with Crippen LogP contribution in [0.2, 0.25) is 5.02 Å². The summed E-state index contributed by atoms with van der Waals surface area (Å²) >= 11 is 6.02. The molecule has 1 aromatic carbocycles. The highest BCUT2D eigenvalue weighted by molar-refractivity contribution is 7.89. The first-order chi connectivity index (χ1) is 9.96. The monoisotopic (exact) mass is 329 g/mol. The van der Waals surface area contributed by atoms with E-state index in [9.17, 15) is 8.42 Å². The van der Waals surface area contributed by atoms with E-state index in [1.54, 1.807) is 13.2 Å². The largest absolute Gasteiger partial charge is 0.384 e. The number of hydrogen-bond donors (Lipinski definition) is 2. The quantitative estimate of drug-likeness (QED) is 0.812. The van der Waals surface area contributed by atoms with Crippen LogP contribution in [0.1, 0.15) is 18.4 Å². The number of sulfonamides is 1. The van der Waals surface area contributed by atoms with E-state index in [4.69, 9.17) is 21.4 Å². The van der Waals surface area contributed by atoms with Crippen molar-refractivity contribution in [2.24, 2.45) is 0 Å². The zero-order chi connectivity index (χ0) is 15.5. The molecule has 0 amide bonds. The van der Waals surface area contributed by atoms with Crippen LogP contribution in [0.5, 0.6) is 0 Å². The first-order valence-electron chi connectivity index (χ1n) is 6.40. The number of rotatable bonds is 4. The third kappa shape index (κ3) is 3.96. The number of aliphatic hydroxyl groups is 1. The fraction of sp³-hybridized carbons (Fsp3) is 0.429. The van der Waals surface area contributed by atoms with Crippen molar-refractivity contribution >= 4 is 21.6 Å². The Morgan fingerprint density at radius 1 is 1.48 bits per heavy atom. The lowest BCUT2D eigenvalue weighted by Crippen LogP contribution is -2.47. The van der Waals surface area contributed by atoms with Gasteiger partial charge in [-0.3, -0.25) is 0 Å². The van der Waals surface area contributed by atoms with Gasteiger partial charge in [0.15, 0.2) is 0 Å². The molecule has 0 spiro atoms. The van der Waals surface area contributed by atoms with E-state index >= 15 is 0 Å². The van der Waals surface area contributed by atoms with Gasteiger partial charge in [0.25, 0.3) is 0 Å². The Labute approximate surface area is 129 Å². The van der Waals surface area contributed by atoms with Crippen LogP contribution < -0.4 is 4.72 Å². The maximum atomic E-state index is 12.3. The molecule has 1 aliphatic rings. The first kappa shape index (κ1) is 16.3. The number of hydrogen-bond acceptors (Lipinski definition) is 4. The number of aliphatic hydroxyl groups excluding tert-OH is 1. The second kappa shape index (κ2) is 6.77. The lowest BCUT2D eigenvalue weighted by molar-refractivity contribution is 0.0236. The van der Waals surface area contributed by atoms with Gasteiger partial charge in [-0.15, -0.1) is 0 Å². The highest BCUT2D eigenvalue weighted by Gasteiger charge is 2.33. The molecule has 0 radical (unpaired) electrons. The Morgan fingerprint density at radius 3 is 2.76 bits per heavy atom. The number of halogens is 1. The number of ether oxygens (including phenoxy) is 1. The Morgan fingerprint density at radius 2 is 2.19 bits per heavy atom. The lowest BCUT2D eigenvalue weighted by Gasteiger charge is -2.34. The molecule has 2 N–H and O–H groups in total. The highest BCUT2D eigenvalue weighted by atomic mass is 35.5. The summed E-state index contributed by atoms with van der Waals surface area (Å²) in [7, 11) is -2.05. The van der Waals surface area contributed by atoms with Crippen LogP contribution in [0, 0.1) is 11.8 Å². The smallest absolute Gasteiger partial charge is 0.242 e. The van der Waals surface area contributed by atoms with Gasteiger partial charge < -0.3 is 9.84 Å². The summed E-state index contributed by atoms with van der Waals surface area (Å²) < 4.78 is 32.3. The standard InChI is InChI=1S/C14H16ClNO4S/c1-20-12-8-11(9-12)16-21(18,19)14-5-4-10(3-2-6-17)7-13(14)15/h4-5,7,11-12,16-17H,6,8-9H2,1H3. The zero-order valence-corrected chi connectivity index (χ0v) is 13.0. The fourth-order valence-electron chi connectivity index (χ4n) is 2.08. The van der Waals surface area contributed by atoms with Gasteiger partial charge in [-0.2, -0.15) is 0 Å². The van der Waals surface area contributed by atoms with Crippen molar-refractivity contribution in [3.05, 3.63) is 28.8 Å². The van der Waals surface area contributed by atoms with Crippen molar-refractivity contribution in [2.45, 2.75) is 29.9 Å². The Hall–Kier alpha value is -1.10. The minimum Gasteiger partial charge on any atom is -0.384 e. The van der Waals surface area contributed by atoms with Crippen molar-refractivity contribution in [1.82, 2.24) is 4.72 Å². The molecule has 1 saturated carbocycles. The topological polar surface area (TPSA) is 75.6 Å². The summed E-state index contributed by atoms with van der Waals surface area (Å²) in [6, 6.07) is 4.32. The van der Waals surface area contributed by atoms with Gasteiger partial charge in [0.05, 0.1) is 11.1 Å². The summed E-state index contributed by atoms with van der Waals surface area (Å²) in [6.07, 6.45) is 1.44. The molecule has 114 valence electrons. The normalized spacial score (nSPS) is 21.3. The molecule has 7 heteroatoms. The Bertz CT molecular complexity index is 672. The van der Waals surface area contributed by atoms with E-state index < -0.39 is 10.0 Å². The highest BCUT2D eigenvalue weighted by Crippen LogP contribution is 2.27. The number of benzene rings is 1. The molecule has 1 aromatic rings. The summed E-state index contributed by atoms with van der Waals surface area (Å²) in [5.74, 6) is 5.15. The molecule has 0 atom stereocenters. The molecular weight excluding hydrogens is 314 g/mol. The minimum absolute atomic E-state index is 0.0274. The van der Waals surface area contributed by atoms with Gasteiger partial charge in [-0.1, -0.05) is 23.4 Å². The SMILES string of the molecule is COC1CC(NS(=O)(=O)c2ccc(C#CCO)cc2Cl)C1. The van der Waals surface area contributed by atoms with Crippen molar-refractivity contribution in [3.8, 4) is 11.8 Å². The van der Waals surface area contributed by atoms with Gasteiger partial charge in [0.2, 0.25) is 10.0 Å². The molecule has 0 heterocycles. The molecule has 1 fully saturated rings. The van der Waals surface area contributed by atoms with Crippen LogP contribution in [0.3, 0.4) is 0 Å². The van der Waals surface area contributed by atoms with Crippen molar-refractivity contribution < 1.29 is 18.3 Å². The van der Waals surface area contributed by atoms with Crippen LogP contribution in [-0.2, 0) is 14.8 Å². The Kier molecular flexibility index (Phi) is 5.25. The molecule has 0 saturated heterocycles. The maximum Gasteiger partial charge on any atom is 0.242 e. The van der Waals surface area contributed by atoms with Gasteiger partial charge in [0.1, 0.15) is 11.5 Å². The molecule has 0 unspecified atom stereocenters. The second-order valence-electron chi connectivity index (χ2n) is 4.75. The molecule has 21 heavy (non-hydrogen) atoms. The molecule has 0 bridgehead atoms. The third-order valence-electron chi connectivity index (χ3n) is 3.28. The molecule has 1 aliphatic carbocycles. The van der Waals surface area contributed by atoms with E-state index in [2.05, 4.69) is 16.6 Å². The average molecular weight is 330 g/mol. The van der Waals surface area contributed by atoms with Gasteiger partial charge in [-0.25, -0.2) is 13.1 Å². The summed E-state index contributed by atoms with van der Waals surface area (Å²) in [6.45, 7) is -0.262. The van der Waals surface area contributed by atoms with E-state index in [1.165, 1.54) is 12.1 Å². The number of nitrogens with one attached hydrogen (secondary N) is 1. The molecule has 0 aromatic heterocycles. The zero-order valence-electron chi connectivity index (χ0n) is 11.5. The van der Waals surface area contributed by atoms with Gasteiger partial charge in [0, 0.05) is 18.7 Å². The molecule has 2 rings (SSSR count). The predicted octanol–water partition coefficient (Wildman–Crippen LogP) is 1.14. The van der Waals surface area contributed by atoms with Crippen molar-refractivity contribution in [1.29, 1.82) is 0 Å². The van der Waals surface area contributed by atoms with E-state index in [0.29, 0.717) is 18.4 Å². The average Bonchev–Trinajstić information content (AvgIpc) is 2.39. The fourth-order valence-corrected chi connectivity index (χ4v) is 3.88. The van der Waals surface area contributed by atoms with Crippen LogP contribution in [0.25, 0.3) is 0 Å². The van der Waals surface area contributed by atoms with Crippen molar-refractivity contribution in [3.63, 3.8) is 0 Å². The summed E-state index contributed by atoms with van der Waals surface area (Å²) in [5, 5.41) is 8.74. The third-order valence-corrected chi connectivity index (χ3v) is 5.29. The molecule has 0 aliphatic heterocycles. The van der Waals surface area contributed by atoms with E-state index in [0.717, 1.165) is 0 Å². The van der Waals surface area contributed by atoms with Crippen LogP contribution in [0.4, 0.5) is 0 Å². The first-order valence-corrected chi connectivity index (χ1v) is 8.27. The van der Waals surface area contributed by atoms with E-state index in [-0.39, 0.29) is 28.7 Å². The Balaban J connectivity index is 2.13. The lowest BCUT2D eigenvalue weighted by atomic mass is 9.90. The maximum absolute atomic E-state index is 12.3. The minimum atomic E-state index is -3.66.